The van der Waals surface area contributed by atoms with Gasteiger partial charge in [0.05, 0.1) is 0 Å². The zero-order valence-corrected chi connectivity index (χ0v) is 12.5. The van der Waals surface area contributed by atoms with Crippen LogP contribution in [0.1, 0.15) is 51.3 Å². The predicted octanol–water partition coefficient (Wildman–Crippen LogP) is 2.43. The molecule has 5 nitrogen and oxygen atoms in total. The van der Waals surface area contributed by atoms with Gasteiger partial charge in [-0.2, -0.15) is 4.98 Å². The first kappa shape index (κ1) is 13.9. The topological polar surface area (TPSA) is 62.4 Å². The maximum Gasteiger partial charge on any atom is 0.324 e. The Labute approximate surface area is 120 Å². The summed E-state index contributed by atoms with van der Waals surface area (Å²) in [5.74, 6) is 3.59. The van der Waals surface area contributed by atoms with Gasteiger partial charge in [-0.05, 0) is 43.4 Å². The number of aromatic nitrogens is 2. The molecule has 2 aliphatic rings. The number of rotatable bonds is 5. The number of nitrogens with zero attached hydrogens (tertiary/aromatic N) is 3. The van der Waals surface area contributed by atoms with Gasteiger partial charge in [0, 0.05) is 25.6 Å². The molecule has 1 N–H and O–H groups in total. The molecule has 1 aromatic heterocycles. The van der Waals surface area contributed by atoms with Gasteiger partial charge in [0.15, 0.2) is 5.82 Å². The molecule has 1 aliphatic heterocycles. The van der Waals surface area contributed by atoms with Gasteiger partial charge in [-0.1, -0.05) is 19.0 Å². The SMILES string of the molecule is CC(C)c1noc(N2CCC([C@H]3C[C@H]3CCO)CC2)n1. The summed E-state index contributed by atoms with van der Waals surface area (Å²) < 4.78 is 5.37. The van der Waals surface area contributed by atoms with Crippen molar-refractivity contribution >= 4 is 6.01 Å². The number of anilines is 1. The molecular formula is C15H25N3O2. The largest absolute Gasteiger partial charge is 0.396 e. The molecule has 1 aliphatic carbocycles. The molecule has 112 valence electrons. The van der Waals surface area contributed by atoms with Crippen LogP contribution in [0.5, 0.6) is 0 Å². The van der Waals surface area contributed by atoms with Crippen molar-refractivity contribution in [3.63, 3.8) is 0 Å². The van der Waals surface area contributed by atoms with Crippen molar-refractivity contribution in [2.75, 3.05) is 24.6 Å². The van der Waals surface area contributed by atoms with Crippen molar-refractivity contribution in [2.45, 2.75) is 45.4 Å². The number of aliphatic hydroxyl groups excluding tert-OH is 1. The molecule has 1 aromatic rings. The summed E-state index contributed by atoms with van der Waals surface area (Å²) in [7, 11) is 0. The molecule has 0 radical (unpaired) electrons. The summed E-state index contributed by atoms with van der Waals surface area (Å²) in [6, 6.07) is 0.690. The first-order valence-corrected chi connectivity index (χ1v) is 7.88. The Morgan fingerprint density at radius 3 is 2.70 bits per heavy atom. The standard InChI is InChI=1S/C15H25N3O2/c1-10(2)14-16-15(20-17-14)18-6-3-11(4-7-18)13-9-12(13)5-8-19/h10-13,19H,3-9H2,1-2H3/t12-,13-/m1/s1. The highest BCUT2D eigenvalue weighted by Crippen LogP contribution is 2.49. The predicted molar refractivity (Wildman–Crippen MR) is 76.6 cm³/mol. The molecular weight excluding hydrogens is 254 g/mol. The smallest absolute Gasteiger partial charge is 0.324 e. The van der Waals surface area contributed by atoms with E-state index in [-0.39, 0.29) is 0 Å². The van der Waals surface area contributed by atoms with Crippen molar-refractivity contribution in [3.8, 4) is 0 Å². The monoisotopic (exact) mass is 279 g/mol. The van der Waals surface area contributed by atoms with E-state index in [1.54, 1.807) is 0 Å². The van der Waals surface area contributed by atoms with E-state index in [9.17, 15) is 0 Å². The van der Waals surface area contributed by atoms with Crippen molar-refractivity contribution in [3.05, 3.63) is 5.82 Å². The molecule has 20 heavy (non-hydrogen) atoms. The van der Waals surface area contributed by atoms with E-state index in [4.69, 9.17) is 9.63 Å². The lowest BCUT2D eigenvalue weighted by Gasteiger charge is -2.30. The molecule has 2 atom stereocenters. The fraction of sp³-hybridized carbons (Fsp3) is 0.867. The van der Waals surface area contributed by atoms with E-state index in [1.165, 1.54) is 19.3 Å². The molecule has 0 spiro atoms. The lowest BCUT2D eigenvalue weighted by atomic mass is 9.91. The number of hydrogen-bond acceptors (Lipinski definition) is 5. The van der Waals surface area contributed by atoms with Crippen LogP contribution in [-0.2, 0) is 0 Å². The van der Waals surface area contributed by atoms with Crippen LogP contribution in [0.3, 0.4) is 0 Å². The van der Waals surface area contributed by atoms with Crippen LogP contribution in [0, 0.1) is 17.8 Å². The number of piperidine rings is 1. The third-order valence-corrected chi connectivity index (χ3v) is 4.84. The maximum atomic E-state index is 8.99. The molecule has 0 bridgehead atoms. The third kappa shape index (κ3) is 2.82. The fourth-order valence-electron chi connectivity index (χ4n) is 3.45. The van der Waals surface area contributed by atoms with Crippen LogP contribution in [0.25, 0.3) is 0 Å². The Hall–Kier alpha value is -1.10. The second-order valence-corrected chi connectivity index (χ2v) is 6.59. The second-order valence-electron chi connectivity index (χ2n) is 6.59. The van der Waals surface area contributed by atoms with E-state index in [1.807, 2.05) is 0 Å². The zero-order valence-electron chi connectivity index (χ0n) is 12.5. The van der Waals surface area contributed by atoms with Crippen LogP contribution in [0.2, 0.25) is 0 Å². The molecule has 2 heterocycles. The zero-order chi connectivity index (χ0) is 14.1. The summed E-state index contributed by atoms with van der Waals surface area (Å²) in [5, 5.41) is 13.0. The van der Waals surface area contributed by atoms with E-state index >= 15 is 0 Å². The minimum Gasteiger partial charge on any atom is -0.396 e. The number of hydrogen-bond donors (Lipinski definition) is 1. The normalized spacial score (nSPS) is 27.3. The lowest BCUT2D eigenvalue weighted by molar-refractivity contribution is 0.265. The summed E-state index contributed by atoms with van der Waals surface area (Å²) in [6.45, 7) is 6.55. The van der Waals surface area contributed by atoms with Crippen LogP contribution >= 0.6 is 0 Å². The number of aliphatic hydroxyl groups is 1. The second kappa shape index (κ2) is 5.72. The minimum absolute atomic E-state index is 0.316. The molecule has 3 rings (SSSR count). The molecule has 0 aromatic carbocycles. The Morgan fingerprint density at radius 1 is 1.35 bits per heavy atom. The average Bonchev–Trinajstić information content (AvgIpc) is 3.03. The van der Waals surface area contributed by atoms with Gasteiger partial charge in [-0.25, -0.2) is 0 Å². The quantitative estimate of drug-likeness (QED) is 0.897. The Balaban J connectivity index is 1.51. The van der Waals surface area contributed by atoms with Gasteiger partial charge in [0.25, 0.3) is 0 Å². The summed E-state index contributed by atoms with van der Waals surface area (Å²) in [5.41, 5.74) is 0. The average molecular weight is 279 g/mol. The summed E-state index contributed by atoms with van der Waals surface area (Å²) in [4.78, 5) is 6.70. The lowest BCUT2D eigenvalue weighted by Crippen LogP contribution is -2.34. The van der Waals surface area contributed by atoms with Gasteiger partial charge in [-0.3, -0.25) is 0 Å². The van der Waals surface area contributed by atoms with Crippen molar-refractivity contribution < 1.29 is 9.63 Å². The van der Waals surface area contributed by atoms with Gasteiger partial charge in [-0.15, -0.1) is 0 Å². The van der Waals surface area contributed by atoms with Gasteiger partial charge >= 0.3 is 6.01 Å². The molecule has 1 saturated carbocycles. The maximum absolute atomic E-state index is 8.99. The molecule has 5 heteroatoms. The highest BCUT2D eigenvalue weighted by molar-refractivity contribution is 5.26. The van der Waals surface area contributed by atoms with Crippen LogP contribution < -0.4 is 4.90 Å². The highest BCUT2D eigenvalue weighted by Gasteiger charge is 2.43. The minimum atomic E-state index is 0.316. The highest BCUT2D eigenvalue weighted by atomic mass is 16.5. The Kier molecular flexibility index (Phi) is 3.96. The van der Waals surface area contributed by atoms with Crippen molar-refractivity contribution in [1.82, 2.24) is 10.1 Å². The molecule has 2 fully saturated rings. The van der Waals surface area contributed by atoms with E-state index in [2.05, 4.69) is 28.9 Å². The van der Waals surface area contributed by atoms with E-state index in [0.29, 0.717) is 18.5 Å². The van der Waals surface area contributed by atoms with Crippen LogP contribution in [0.4, 0.5) is 6.01 Å². The molecule has 0 unspecified atom stereocenters. The van der Waals surface area contributed by atoms with E-state index in [0.717, 1.165) is 43.1 Å². The van der Waals surface area contributed by atoms with Gasteiger partial charge < -0.3 is 14.5 Å². The van der Waals surface area contributed by atoms with Crippen molar-refractivity contribution in [2.24, 2.45) is 17.8 Å². The Morgan fingerprint density at radius 2 is 2.10 bits per heavy atom. The summed E-state index contributed by atoms with van der Waals surface area (Å²) >= 11 is 0. The molecule has 0 amide bonds. The van der Waals surface area contributed by atoms with Crippen molar-refractivity contribution in [1.29, 1.82) is 0 Å². The first-order valence-electron chi connectivity index (χ1n) is 7.88. The molecule has 1 saturated heterocycles. The third-order valence-electron chi connectivity index (χ3n) is 4.84. The first-order chi connectivity index (χ1) is 9.69. The van der Waals surface area contributed by atoms with Gasteiger partial charge in [0.1, 0.15) is 0 Å². The van der Waals surface area contributed by atoms with Crippen LogP contribution in [-0.4, -0.2) is 34.9 Å². The van der Waals surface area contributed by atoms with Crippen LogP contribution in [0.15, 0.2) is 4.52 Å². The van der Waals surface area contributed by atoms with Gasteiger partial charge in [0.2, 0.25) is 0 Å². The van der Waals surface area contributed by atoms with E-state index < -0.39 is 0 Å². The Bertz CT molecular complexity index is 438. The fourth-order valence-corrected chi connectivity index (χ4v) is 3.45. The summed E-state index contributed by atoms with van der Waals surface area (Å²) in [6.07, 6.45) is 4.74.